The van der Waals surface area contributed by atoms with E-state index in [0.717, 1.165) is 39.3 Å². The Labute approximate surface area is 168 Å². The van der Waals surface area contributed by atoms with Gasteiger partial charge in [-0.05, 0) is 42.3 Å². The van der Waals surface area contributed by atoms with Crippen molar-refractivity contribution in [3.63, 3.8) is 0 Å². The maximum Gasteiger partial charge on any atom is 0.250 e. The summed E-state index contributed by atoms with van der Waals surface area (Å²) in [7, 11) is 3.24. The first kappa shape index (κ1) is 19.6. The number of benzene rings is 2. The smallest absolute Gasteiger partial charge is 0.250 e. The van der Waals surface area contributed by atoms with Gasteiger partial charge in [-0.1, -0.05) is 36.5 Å². The summed E-state index contributed by atoms with van der Waals surface area (Å²) >= 11 is 1.46. The molecule has 0 unspecified atom stereocenters. The molecule has 0 saturated carbocycles. The number of amides is 1. The molecule has 144 valence electrons. The number of hydrogen-bond donors (Lipinski definition) is 1. The highest BCUT2D eigenvalue weighted by Crippen LogP contribution is 2.27. The van der Waals surface area contributed by atoms with Gasteiger partial charge < -0.3 is 9.47 Å². The van der Waals surface area contributed by atoms with Gasteiger partial charge in [-0.25, -0.2) is 4.98 Å². The summed E-state index contributed by atoms with van der Waals surface area (Å²) in [5.74, 6) is 1.25. The zero-order valence-corrected chi connectivity index (χ0v) is 16.9. The van der Waals surface area contributed by atoms with Crippen molar-refractivity contribution in [2.24, 2.45) is 0 Å². The predicted molar refractivity (Wildman–Crippen MR) is 115 cm³/mol. The molecule has 0 bridgehead atoms. The van der Waals surface area contributed by atoms with E-state index in [1.807, 2.05) is 61.5 Å². The average molecular weight is 394 g/mol. The Morgan fingerprint density at radius 1 is 1.14 bits per heavy atom. The van der Waals surface area contributed by atoms with Crippen molar-refractivity contribution in [3.05, 3.63) is 65.8 Å². The number of nitrogens with zero attached hydrogens (tertiary/aromatic N) is 1. The molecule has 0 radical (unpaired) electrons. The summed E-state index contributed by atoms with van der Waals surface area (Å²) in [5, 5.41) is 3.42. The van der Waals surface area contributed by atoms with Crippen molar-refractivity contribution in [1.29, 1.82) is 0 Å². The Balaban J connectivity index is 1.73. The average Bonchev–Trinajstić information content (AvgIpc) is 3.13. The second kappa shape index (κ2) is 9.19. The normalized spacial score (nSPS) is 11.8. The van der Waals surface area contributed by atoms with Crippen LogP contribution in [0.25, 0.3) is 16.3 Å². The Bertz CT molecular complexity index is 1000. The summed E-state index contributed by atoms with van der Waals surface area (Å²) in [5.41, 5.74) is 2.81. The van der Waals surface area contributed by atoms with Crippen LogP contribution in [0.15, 0.2) is 60.2 Å². The van der Waals surface area contributed by atoms with E-state index in [1.165, 1.54) is 17.4 Å². The van der Waals surface area contributed by atoms with Crippen LogP contribution in [0.4, 0.5) is 5.13 Å². The number of ether oxygens (including phenoxy) is 2. The number of rotatable bonds is 7. The lowest BCUT2D eigenvalue weighted by molar-refractivity contribution is -0.111. The van der Waals surface area contributed by atoms with Gasteiger partial charge in [-0.2, -0.15) is 0 Å². The lowest BCUT2D eigenvalue weighted by Gasteiger charge is -2.08. The molecular weight excluding hydrogens is 372 g/mol. The van der Waals surface area contributed by atoms with E-state index in [1.54, 1.807) is 14.2 Å². The predicted octanol–water partition coefficient (Wildman–Crippen LogP) is 5.30. The van der Waals surface area contributed by atoms with Crippen LogP contribution >= 0.6 is 11.3 Å². The molecule has 5 nitrogen and oxygen atoms in total. The zero-order chi connectivity index (χ0) is 19.9. The van der Waals surface area contributed by atoms with Gasteiger partial charge in [-0.3, -0.25) is 10.1 Å². The van der Waals surface area contributed by atoms with E-state index in [-0.39, 0.29) is 5.91 Å². The number of nitrogens with one attached hydrogen (secondary N) is 1. The maximum atomic E-state index is 12.3. The van der Waals surface area contributed by atoms with Gasteiger partial charge in [0.15, 0.2) is 5.13 Å². The molecule has 1 N–H and O–H groups in total. The Kier molecular flexibility index (Phi) is 6.45. The zero-order valence-electron chi connectivity index (χ0n) is 16.1. The molecule has 1 aromatic heterocycles. The molecule has 28 heavy (non-hydrogen) atoms. The summed E-state index contributed by atoms with van der Waals surface area (Å²) < 4.78 is 11.7. The van der Waals surface area contributed by atoms with Crippen LogP contribution in [-0.2, 0) is 4.79 Å². The fourth-order valence-electron chi connectivity index (χ4n) is 2.66. The quantitative estimate of drug-likeness (QED) is 0.436. The van der Waals surface area contributed by atoms with Gasteiger partial charge in [0.05, 0.1) is 24.4 Å². The molecule has 6 heteroatoms. The second-order valence-corrected chi connectivity index (χ2v) is 7.02. The van der Waals surface area contributed by atoms with Crippen LogP contribution in [0.3, 0.4) is 0 Å². The SMILES string of the molecule is CCC(/C=C/C(=O)Nc1nc2ccccc2s1)=C\c1ccc(OC)cc1OC. The summed E-state index contributed by atoms with van der Waals surface area (Å²) in [6.07, 6.45) is 6.11. The number of hydrogen-bond acceptors (Lipinski definition) is 5. The molecule has 2 aromatic carbocycles. The highest BCUT2D eigenvalue weighted by Gasteiger charge is 2.06. The molecule has 1 heterocycles. The minimum atomic E-state index is -0.208. The van der Waals surface area contributed by atoms with Crippen molar-refractivity contribution in [2.45, 2.75) is 13.3 Å². The van der Waals surface area contributed by atoms with Gasteiger partial charge in [-0.15, -0.1) is 0 Å². The third kappa shape index (κ3) is 4.78. The first-order valence-corrected chi connectivity index (χ1v) is 9.71. The number of allylic oxidation sites excluding steroid dienone is 2. The van der Waals surface area contributed by atoms with E-state index < -0.39 is 0 Å². The molecular formula is C22H22N2O3S. The van der Waals surface area contributed by atoms with Crippen LogP contribution in [0.2, 0.25) is 0 Å². The molecule has 1 amide bonds. The number of anilines is 1. The van der Waals surface area contributed by atoms with Crippen LogP contribution in [0, 0.1) is 0 Å². The minimum Gasteiger partial charge on any atom is -0.497 e. The molecule has 0 saturated heterocycles. The molecule has 0 aliphatic rings. The number of aromatic nitrogens is 1. The first-order chi connectivity index (χ1) is 13.6. The lowest BCUT2D eigenvalue weighted by atomic mass is 10.1. The van der Waals surface area contributed by atoms with Crippen molar-refractivity contribution in [3.8, 4) is 11.5 Å². The second-order valence-electron chi connectivity index (χ2n) is 5.99. The van der Waals surface area contributed by atoms with Crippen LogP contribution < -0.4 is 14.8 Å². The Morgan fingerprint density at radius 3 is 2.68 bits per heavy atom. The highest BCUT2D eigenvalue weighted by atomic mass is 32.1. The maximum absolute atomic E-state index is 12.3. The van der Waals surface area contributed by atoms with Gasteiger partial charge in [0.1, 0.15) is 11.5 Å². The van der Waals surface area contributed by atoms with Gasteiger partial charge in [0, 0.05) is 17.7 Å². The fraction of sp³-hybridized carbons (Fsp3) is 0.182. The number of fused-ring (bicyclic) bond motifs is 1. The largest absolute Gasteiger partial charge is 0.497 e. The highest BCUT2D eigenvalue weighted by molar-refractivity contribution is 7.22. The van der Waals surface area contributed by atoms with E-state index in [9.17, 15) is 4.79 Å². The molecule has 3 aromatic rings. The lowest BCUT2D eigenvalue weighted by Crippen LogP contribution is -2.07. The molecule has 0 spiro atoms. The number of carbonyl (C=O) groups excluding carboxylic acids is 1. The topological polar surface area (TPSA) is 60.5 Å². The van der Waals surface area contributed by atoms with Gasteiger partial charge in [0.2, 0.25) is 5.91 Å². The fourth-order valence-corrected chi connectivity index (χ4v) is 3.53. The van der Waals surface area contributed by atoms with Gasteiger partial charge >= 0.3 is 0 Å². The number of thiazole rings is 1. The standard InChI is InChI=1S/C22H22N2O3S/c1-4-15(13-16-10-11-17(26-2)14-19(16)27-3)9-12-21(25)24-22-23-18-7-5-6-8-20(18)28-22/h5-14H,4H2,1-3H3,(H,23,24,25)/b12-9+,15-13+. The monoisotopic (exact) mass is 394 g/mol. The van der Waals surface area contributed by atoms with E-state index >= 15 is 0 Å². The summed E-state index contributed by atoms with van der Waals surface area (Å²) in [6.45, 7) is 2.04. The molecule has 3 rings (SSSR count). The molecule has 0 atom stereocenters. The van der Waals surface area contributed by atoms with E-state index in [4.69, 9.17) is 9.47 Å². The third-order valence-electron chi connectivity index (χ3n) is 4.16. The molecule has 0 aliphatic heterocycles. The van der Waals surface area contributed by atoms with Crippen molar-refractivity contribution < 1.29 is 14.3 Å². The van der Waals surface area contributed by atoms with Crippen molar-refractivity contribution in [1.82, 2.24) is 4.98 Å². The van der Waals surface area contributed by atoms with Gasteiger partial charge in [0.25, 0.3) is 0 Å². The van der Waals surface area contributed by atoms with Crippen molar-refractivity contribution in [2.75, 3.05) is 19.5 Å². The third-order valence-corrected chi connectivity index (χ3v) is 5.11. The molecule has 0 aliphatic carbocycles. The number of methoxy groups -OCH3 is 2. The molecule has 0 fully saturated rings. The van der Waals surface area contributed by atoms with Crippen molar-refractivity contribution >= 4 is 38.7 Å². The Morgan fingerprint density at radius 2 is 1.96 bits per heavy atom. The number of carbonyl (C=O) groups is 1. The van der Waals surface area contributed by atoms with Crippen LogP contribution in [0.1, 0.15) is 18.9 Å². The van der Waals surface area contributed by atoms with Crippen LogP contribution in [-0.4, -0.2) is 25.1 Å². The van der Waals surface area contributed by atoms with Crippen LogP contribution in [0.5, 0.6) is 11.5 Å². The van der Waals surface area contributed by atoms with E-state index in [0.29, 0.717) is 5.13 Å². The van der Waals surface area contributed by atoms with E-state index in [2.05, 4.69) is 10.3 Å². The minimum absolute atomic E-state index is 0.208. The number of para-hydroxylation sites is 1. The summed E-state index contributed by atoms with van der Waals surface area (Å²) in [4.78, 5) is 16.7. The Hall–Kier alpha value is -3.12. The first-order valence-electron chi connectivity index (χ1n) is 8.90. The summed E-state index contributed by atoms with van der Waals surface area (Å²) in [6, 6.07) is 13.4.